The third kappa shape index (κ3) is 1.97. The maximum absolute atomic E-state index is 6.44. The fraction of sp³-hybridized carbons (Fsp3) is 1.00. The molecule has 2 heterocycles. The molecule has 0 spiro atoms. The number of hydrogen-bond acceptors (Lipinski definition) is 3. The van der Waals surface area contributed by atoms with Crippen molar-refractivity contribution in [2.24, 2.45) is 11.8 Å². The fourth-order valence-electron chi connectivity index (χ4n) is 4.90. The molecule has 19 heavy (non-hydrogen) atoms. The van der Waals surface area contributed by atoms with E-state index in [1.165, 1.54) is 0 Å². The first kappa shape index (κ1) is 12.6. The molecule has 3 heteroatoms. The lowest BCUT2D eigenvalue weighted by molar-refractivity contribution is -0.0628. The molecule has 0 N–H and O–H groups in total. The van der Waals surface area contributed by atoms with Crippen LogP contribution >= 0.6 is 0 Å². The van der Waals surface area contributed by atoms with Crippen molar-refractivity contribution in [2.45, 2.75) is 89.0 Å². The van der Waals surface area contributed by atoms with Gasteiger partial charge >= 0.3 is 0 Å². The van der Waals surface area contributed by atoms with E-state index in [0.29, 0.717) is 36.3 Å². The summed E-state index contributed by atoms with van der Waals surface area (Å²) < 4.78 is 18.2. The lowest BCUT2D eigenvalue weighted by Gasteiger charge is -2.34. The summed E-state index contributed by atoms with van der Waals surface area (Å²) in [6.45, 7) is 9.09. The van der Waals surface area contributed by atoms with E-state index in [1.54, 1.807) is 0 Å². The Kier molecular flexibility index (Phi) is 2.49. The minimum Gasteiger partial charge on any atom is -0.375 e. The first-order valence-corrected chi connectivity index (χ1v) is 7.91. The molecule has 108 valence electrons. The molecule has 0 aromatic carbocycles. The van der Waals surface area contributed by atoms with Crippen LogP contribution in [0.15, 0.2) is 0 Å². The average molecular weight is 266 g/mol. The van der Waals surface area contributed by atoms with E-state index in [1.807, 2.05) is 0 Å². The van der Waals surface area contributed by atoms with Gasteiger partial charge in [0.15, 0.2) is 0 Å². The van der Waals surface area contributed by atoms with Crippen LogP contribution in [0.5, 0.6) is 0 Å². The Hall–Kier alpha value is -0.120. The SMILES string of the molecule is CC1CC(OC2CC(C)C3OC3(C)C2)CC2(C)OC12. The lowest BCUT2D eigenvalue weighted by Crippen LogP contribution is -2.39. The topological polar surface area (TPSA) is 34.3 Å². The number of ether oxygens (including phenoxy) is 3. The minimum absolute atomic E-state index is 0.116. The molecule has 8 atom stereocenters. The Morgan fingerprint density at radius 1 is 0.842 bits per heavy atom. The lowest BCUT2D eigenvalue weighted by atomic mass is 9.80. The van der Waals surface area contributed by atoms with Crippen molar-refractivity contribution in [1.82, 2.24) is 0 Å². The Balaban J connectivity index is 1.39. The van der Waals surface area contributed by atoms with Crippen LogP contribution in [0, 0.1) is 11.8 Å². The zero-order valence-corrected chi connectivity index (χ0v) is 12.5. The highest BCUT2D eigenvalue weighted by molar-refractivity contribution is 5.09. The van der Waals surface area contributed by atoms with Crippen molar-refractivity contribution in [3.63, 3.8) is 0 Å². The highest BCUT2D eigenvalue weighted by atomic mass is 16.6. The Labute approximate surface area is 116 Å². The minimum atomic E-state index is 0.116. The molecule has 4 fully saturated rings. The van der Waals surface area contributed by atoms with Gasteiger partial charge in [0.25, 0.3) is 0 Å². The molecule has 2 saturated heterocycles. The molecule has 0 radical (unpaired) electrons. The van der Waals surface area contributed by atoms with E-state index in [9.17, 15) is 0 Å². The van der Waals surface area contributed by atoms with Crippen LogP contribution in [-0.4, -0.2) is 35.6 Å². The van der Waals surface area contributed by atoms with Gasteiger partial charge in [0.1, 0.15) is 0 Å². The molecular weight excluding hydrogens is 240 g/mol. The number of hydrogen-bond donors (Lipinski definition) is 0. The van der Waals surface area contributed by atoms with Gasteiger partial charge in [-0.25, -0.2) is 0 Å². The van der Waals surface area contributed by atoms with Gasteiger partial charge in [0.05, 0.1) is 35.6 Å². The second-order valence-corrected chi connectivity index (χ2v) is 7.92. The highest BCUT2D eigenvalue weighted by Gasteiger charge is 2.61. The van der Waals surface area contributed by atoms with Crippen molar-refractivity contribution in [2.75, 3.05) is 0 Å². The maximum Gasteiger partial charge on any atom is 0.0947 e. The normalized spacial score (nSPS) is 63.2. The van der Waals surface area contributed by atoms with E-state index in [2.05, 4.69) is 27.7 Å². The second-order valence-electron chi connectivity index (χ2n) is 7.92. The van der Waals surface area contributed by atoms with Crippen LogP contribution < -0.4 is 0 Å². The molecule has 8 unspecified atom stereocenters. The smallest absolute Gasteiger partial charge is 0.0947 e. The molecule has 0 bridgehead atoms. The van der Waals surface area contributed by atoms with Gasteiger partial charge in [-0.3, -0.25) is 0 Å². The van der Waals surface area contributed by atoms with Crippen molar-refractivity contribution in [3.05, 3.63) is 0 Å². The molecule has 3 nitrogen and oxygen atoms in total. The van der Waals surface area contributed by atoms with Crippen molar-refractivity contribution >= 4 is 0 Å². The third-order valence-electron chi connectivity index (χ3n) is 5.84. The third-order valence-corrected chi connectivity index (χ3v) is 5.84. The maximum atomic E-state index is 6.44. The highest BCUT2D eigenvalue weighted by Crippen LogP contribution is 2.53. The molecule has 0 aromatic rings. The molecule has 4 rings (SSSR count). The Bertz CT molecular complexity index is 361. The predicted molar refractivity (Wildman–Crippen MR) is 72.0 cm³/mol. The van der Waals surface area contributed by atoms with Gasteiger partial charge in [0.2, 0.25) is 0 Å². The first-order valence-electron chi connectivity index (χ1n) is 7.91. The second kappa shape index (κ2) is 3.75. The summed E-state index contributed by atoms with van der Waals surface area (Å²) >= 11 is 0. The summed E-state index contributed by atoms with van der Waals surface area (Å²) in [5.74, 6) is 1.29. The van der Waals surface area contributed by atoms with E-state index in [-0.39, 0.29) is 11.2 Å². The molecular formula is C16H26O3. The van der Waals surface area contributed by atoms with E-state index in [0.717, 1.165) is 25.7 Å². The number of rotatable bonds is 2. The molecule has 0 aromatic heterocycles. The standard InChI is InChI=1S/C16H26O3/c1-9-5-11(7-15(3)13(9)18-15)17-12-6-10(2)14-16(4,8-12)19-14/h9-14H,5-8H2,1-4H3. The average Bonchev–Trinajstić information content (AvgIpc) is 3.13. The molecule has 2 aliphatic carbocycles. The van der Waals surface area contributed by atoms with E-state index < -0.39 is 0 Å². The van der Waals surface area contributed by atoms with Crippen molar-refractivity contribution < 1.29 is 14.2 Å². The zero-order chi connectivity index (χ0) is 13.4. The zero-order valence-electron chi connectivity index (χ0n) is 12.5. The quantitative estimate of drug-likeness (QED) is 0.721. The summed E-state index contributed by atoms with van der Waals surface area (Å²) in [7, 11) is 0. The monoisotopic (exact) mass is 266 g/mol. The van der Waals surface area contributed by atoms with Gasteiger partial charge in [-0.1, -0.05) is 13.8 Å². The summed E-state index contributed by atoms with van der Waals surface area (Å²) in [6, 6.07) is 0. The number of epoxide rings is 2. The van der Waals surface area contributed by atoms with E-state index in [4.69, 9.17) is 14.2 Å². The largest absolute Gasteiger partial charge is 0.375 e. The fourth-order valence-corrected chi connectivity index (χ4v) is 4.90. The first-order chi connectivity index (χ1) is 8.90. The van der Waals surface area contributed by atoms with Crippen LogP contribution in [0.4, 0.5) is 0 Å². The number of fused-ring (bicyclic) bond motifs is 2. The van der Waals surface area contributed by atoms with Crippen LogP contribution in [-0.2, 0) is 14.2 Å². The molecule has 0 amide bonds. The van der Waals surface area contributed by atoms with Gasteiger partial charge in [-0.15, -0.1) is 0 Å². The van der Waals surface area contributed by atoms with Gasteiger partial charge in [-0.2, -0.15) is 0 Å². The molecule has 2 aliphatic heterocycles. The summed E-state index contributed by atoms with van der Waals surface area (Å²) in [5.41, 5.74) is 0.232. The summed E-state index contributed by atoms with van der Waals surface area (Å²) in [5, 5.41) is 0. The summed E-state index contributed by atoms with van der Waals surface area (Å²) in [6.07, 6.45) is 6.22. The van der Waals surface area contributed by atoms with Gasteiger partial charge in [-0.05, 0) is 38.5 Å². The summed E-state index contributed by atoms with van der Waals surface area (Å²) in [4.78, 5) is 0. The van der Waals surface area contributed by atoms with Crippen LogP contribution in [0.25, 0.3) is 0 Å². The van der Waals surface area contributed by atoms with Crippen LogP contribution in [0.1, 0.15) is 53.4 Å². The van der Waals surface area contributed by atoms with Crippen LogP contribution in [0.2, 0.25) is 0 Å². The van der Waals surface area contributed by atoms with Crippen molar-refractivity contribution in [3.8, 4) is 0 Å². The predicted octanol–water partition coefficient (Wildman–Crippen LogP) is 2.92. The molecule has 2 saturated carbocycles. The van der Waals surface area contributed by atoms with Crippen LogP contribution in [0.3, 0.4) is 0 Å². The van der Waals surface area contributed by atoms with Crippen molar-refractivity contribution in [1.29, 1.82) is 0 Å². The van der Waals surface area contributed by atoms with E-state index >= 15 is 0 Å². The van der Waals surface area contributed by atoms with Gasteiger partial charge < -0.3 is 14.2 Å². The van der Waals surface area contributed by atoms with Gasteiger partial charge in [0, 0.05) is 12.8 Å². The Morgan fingerprint density at radius 2 is 1.26 bits per heavy atom. The Morgan fingerprint density at radius 3 is 1.63 bits per heavy atom. The molecule has 4 aliphatic rings.